The number of nitrogens with zero attached hydrogens (tertiary/aromatic N) is 4. The Balaban J connectivity index is 1.59. The van der Waals surface area contributed by atoms with E-state index in [4.69, 9.17) is 0 Å². The number of allylic oxidation sites excluding steroid dienone is 1. The molecule has 4 nitrogen and oxygen atoms in total. The van der Waals surface area contributed by atoms with Crippen molar-refractivity contribution in [3.05, 3.63) is 120 Å². The largest absolute Gasteiger partial charge is 0.433 e. The molecule has 1 atom stereocenters. The molecule has 0 aliphatic carbocycles. The first kappa shape index (κ1) is 22.5. The van der Waals surface area contributed by atoms with Crippen LogP contribution >= 0.6 is 0 Å². The summed E-state index contributed by atoms with van der Waals surface area (Å²) in [5.41, 5.74) is 2.42. The van der Waals surface area contributed by atoms with Crippen LogP contribution in [0.4, 0.5) is 19.1 Å². The summed E-state index contributed by atoms with van der Waals surface area (Å²) in [6.07, 6.45) is -0.291. The van der Waals surface area contributed by atoms with Crippen molar-refractivity contribution in [2.75, 3.05) is 5.01 Å². The van der Waals surface area contributed by atoms with Gasteiger partial charge in [-0.15, -0.1) is 0 Å². The molecule has 0 saturated heterocycles. The Bertz CT molecular complexity index is 1350. The summed E-state index contributed by atoms with van der Waals surface area (Å²) in [7, 11) is 0. The number of hydrazone groups is 1. The molecule has 1 aliphatic rings. The summed E-state index contributed by atoms with van der Waals surface area (Å²) in [5.74, 6) is -0.0874. The summed E-state index contributed by atoms with van der Waals surface area (Å²) in [6, 6.07) is 28.7. The molecule has 174 valence electrons. The minimum atomic E-state index is -4.62. The Hall–Kier alpha value is -4.26. The molecule has 0 radical (unpaired) electrons. The minimum Gasteiger partial charge on any atom is -0.223 e. The van der Waals surface area contributed by atoms with E-state index in [0.29, 0.717) is 12.0 Å². The van der Waals surface area contributed by atoms with Crippen molar-refractivity contribution in [3.63, 3.8) is 0 Å². The first-order valence-electron chi connectivity index (χ1n) is 11.1. The van der Waals surface area contributed by atoms with Crippen molar-refractivity contribution in [1.82, 2.24) is 9.97 Å². The maximum Gasteiger partial charge on any atom is 0.433 e. The van der Waals surface area contributed by atoms with E-state index in [0.717, 1.165) is 22.9 Å². The summed E-state index contributed by atoms with van der Waals surface area (Å²) in [6.45, 7) is 0. The molecular weight excluding hydrogens is 449 g/mol. The third-order valence-electron chi connectivity index (χ3n) is 5.67. The van der Waals surface area contributed by atoms with Gasteiger partial charge in [0, 0.05) is 12.0 Å². The van der Waals surface area contributed by atoms with Crippen molar-refractivity contribution in [1.29, 1.82) is 0 Å². The van der Waals surface area contributed by atoms with Crippen LogP contribution in [0.5, 0.6) is 0 Å². The molecule has 0 bridgehead atoms. The molecular formula is C28H21F3N4. The van der Waals surface area contributed by atoms with E-state index in [1.807, 2.05) is 72.8 Å². The molecule has 1 aromatic heterocycles. The first-order chi connectivity index (χ1) is 17.0. The van der Waals surface area contributed by atoms with E-state index >= 15 is 0 Å². The second-order valence-electron chi connectivity index (χ2n) is 8.11. The van der Waals surface area contributed by atoms with Crippen molar-refractivity contribution in [2.24, 2.45) is 5.10 Å². The Morgan fingerprint density at radius 3 is 2.06 bits per heavy atom. The van der Waals surface area contributed by atoms with Crippen molar-refractivity contribution in [2.45, 2.75) is 18.6 Å². The zero-order valence-electron chi connectivity index (χ0n) is 18.6. The fourth-order valence-corrected chi connectivity index (χ4v) is 3.95. The van der Waals surface area contributed by atoms with E-state index in [1.54, 1.807) is 30.3 Å². The van der Waals surface area contributed by atoms with E-state index < -0.39 is 11.9 Å². The van der Waals surface area contributed by atoms with Gasteiger partial charge in [0.05, 0.1) is 17.4 Å². The molecule has 7 heteroatoms. The van der Waals surface area contributed by atoms with Crippen LogP contribution in [0.2, 0.25) is 0 Å². The number of hydrogen-bond acceptors (Lipinski definition) is 4. The summed E-state index contributed by atoms with van der Waals surface area (Å²) in [4.78, 5) is 8.41. The number of anilines is 1. The molecule has 0 saturated carbocycles. The van der Waals surface area contributed by atoms with E-state index in [-0.39, 0.29) is 17.7 Å². The lowest BCUT2D eigenvalue weighted by atomic mass is 10.0. The second-order valence-corrected chi connectivity index (χ2v) is 8.11. The summed E-state index contributed by atoms with van der Waals surface area (Å²) in [5, 5.41) is 6.16. The number of aromatic nitrogens is 2. The minimum absolute atomic E-state index is 0.0874. The molecule has 2 heterocycles. The fraction of sp³-hybridized carbons (Fsp3) is 0.107. The molecule has 1 unspecified atom stereocenters. The monoisotopic (exact) mass is 470 g/mol. The lowest BCUT2D eigenvalue weighted by Crippen LogP contribution is -2.22. The highest BCUT2D eigenvalue weighted by Gasteiger charge is 2.36. The van der Waals surface area contributed by atoms with E-state index in [1.165, 1.54) is 5.01 Å². The maximum atomic E-state index is 13.8. The third-order valence-corrected chi connectivity index (χ3v) is 5.67. The predicted molar refractivity (Wildman–Crippen MR) is 132 cm³/mol. The van der Waals surface area contributed by atoms with Gasteiger partial charge in [0.2, 0.25) is 5.95 Å². The maximum absolute atomic E-state index is 13.8. The van der Waals surface area contributed by atoms with Gasteiger partial charge in [0.25, 0.3) is 0 Å². The standard InChI is InChI=1S/C28H21F3N4/c29-28(30,31)26-19-24(21-12-6-2-7-13-21)32-27(33-26)35-25(22-14-8-3-9-15-22)18-23(34-35)17-16-20-10-4-1-5-11-20/h1-17,19,25H,18H2/b17-16+. The van der Waals surface area contributed by atoms with Crippen LogP contribution in [-0.4, -0.2) is 15.7 Å². The lowest BCUT2D eigenvalue weighted by Gasteiger charge is -2.23. The SMILES string of the molecule is FC(F)(F)c1cc(-c2ccccc2)nc(N2N=C(/C=C/c3ccccc3)CC2c2ccccc2)n1. The van der Waals surface area contributed by atoms with Crippen LogP contribution in [-0.2, 0) is 6.18 Å². The Morgan fingerprint density at radius 1 is 0.771 bits per heavy atom. The zero-order chi connectivity index (χ0) is 24.3. The van der Waals surface area contributed by atoms with Gasteiger partial charge in [-0.25, -0.2) is 15.0 Å². The average Bonchev–Trinajstić information content (AvgIpc) is 3.33. The van der Waals surface area contributed by atoms with Gasteiger partial charge in [-0.1, -0.05) is 97.1 Å². The fourth-order valence-electron chi connectivity index (χ4n) is 3.95. The molecule has 35 heavy (non-hydrogen) atoms. The molecule has 0 fully saturated rings. The number of benzene rings is 3. The van der Waals surface area contributed by atoms with Crippen molar-refractivity contribution < 1.29 is 13.2 Å². The number of rotatable bonds is 5. The highest BCUT2D eigenvalue weighted by Crippen LogP contribution is 2.37. The van der Waals surface area contributed by atoms with Gasteiger partial charge in [0.1, 0.15) is 0 Å². The normalized spacial score (nSPS) is 16.0. The van der Waals surface area contributed by atoms with Gasteiger partial charge < -0.3 is 0 Å². The van der Waals surface area contributed by atoms with Crippen LogP contribution in [0.1, 0.15) is 29.3 Å². The van der Waals surface area contributed by atoms with Crippen LogP contribution < -0.4 is 5.01 Å². The Morgan fingerprint density at radius 2 is 1.40 bits per heavy atom. The van der Waals surface area contributed by atoms with Gasteiger partial charge in [0.15, 0.2) is 5.69 Å². The average molecular weight is 470 g/mol. The van der Waals surface area contributed by atoms with E-state index in [9.17, 15) is 13.2 Å². The predicted octanol–water partition coefficient (Wildman–Crippen LogP) is 7.18. The van der Waals surface area contributed by atoms with Gasteiger partial charge in [-0.05, 0) is 23.3 Å². The first-order valence-corrected chi connectivity index (χ1v) is 11.1. The zero-order valence-corrected chi connectivity index (χ0v) is 18.6. The second kappa shape index (κ2) is 9.54. The van der Waals surface area contributed by atoms with Crippen molar-refractivity contribution in [3.8, 4) is 11.3 Å². The lowest BCUT2D eigenvalue weighted by molar-refractivity contribution is -0.141. The van der Waals surface area contributed by atoms with Gasteiger partial charge in [-0.3, -0.25) is 0 Å². The Kier molecular flexibility index (Phi) is 6.14. The summed E-state index contributed by atoms with van der Waals surface area (Å²) >= 11 is 0. The van der Waals surface area contributed by atoms with E-state index in [2.05, 4.69) is 15.1 Å². The van der Waals surface area contributed by atoms with Crippen molar-refractivity contribution >= 4 is 17.7 Å². The van der Waals surface area contributed by atoms with Crippen LogP contribution in [0.3, 0.4) is 0 Å². The summed E-state index contributed by atoms with van der Waals surface area (Å²) < 4.78 is 41.4. The smallest absolute Gasteiger partial charge is 0.223 e. The third kappa shape index (κ3) is 5.14. The molecule has 0 amide bonds. The van der Waals surface area contributed by atoms with Crippen LogP contribution in [0.25, 0.3) is 17.3 Å². The van der Waals surface area contributed by atoms with Crippen LogP contribution in [0.15, 0.2) is 108 Å². The molecule has 0 spiro atoms. The molecule has 5 rings (SSSR count). The van der Waals surface area contributed by atoms with Gasteiger partial charge in [-0.2, -0.15) is 18.3 Å². The van der Waals surface area contributed by atoms with Gasteiger partial charge >= 0.3 is 6.18 Å². The quantitative estimate of drug-likeness (QED) is 0.310. The molecule has 4 aromatic rings. The molecule has 1 aliphatic heterocycles. The number of halogens is 3. The molecule has 0 N–H and O–H groups in total. The van der Waals surface area contributed by atoms with Crippen LogP contribution in [0, 0.1) is 0 Å². The number of alkyl halides is 3. The Labute approximate surface area is 201 Å². The number of hydrogen-bond donors (Lipinski definition) is 0. The highest BCUT2D eigenvalue weighted by atomic mass is 19.4. The topological polar surface area (TPSA) is 41.4 Å². The molecule has 3 aromatic carbocycles. The highest BCUT2D eigenvalue weighted by molar-refractivity contribution is 6.00.